The second-order valence-electron chi connectivity index (χ2n) is 6.89. The van der Waals surface area contributed by atoms with Crippen molar-refractivity contribution in [1.82, 2.24) is 5.32 Å². The lowest BCUT2D eigenvalue weighted by atomic mass is 9.91. The molecule has 0 bridgehead atoms. The Bertz CT molecular complexity index is 544. The average Bonchev–Trinajstić information content (AvgIpc) is 3.28. The van der Waals surface area contributed by atoms with E-state index in [2.05, 4.69) is 23.5 Å². The zero-order valence-corrected chi connectivity index (χ0v) is 12.6. The van der Waals surface area contributed by atoms with E-state index in [0.717, 1.165) is 38.3 Å². The molecule has 3 nitrogen and oxygen atoms in total. The lowest BCUT2D eigenvalue weighted by Crippen LogP contribution is -2.31. The van der Waals surface area contributed by atoms with Gasteiger partial charge in [-0.05, 0) is 74.7 Å². The van der Waals surface area contributed by atoms with Crippen LogP contribution in [0.25, 0.3) is 0 Å². The van der Waals surface area contributed by atoms with E-state index in [1.165, 1.54) is 42.6 Å². The molecule has 112 valence electrons. The highest BCUT2D eigenvalue weighted by Crippen LogP contribution is 2.37. The smallest absolute Gasteiger partial charge is 0.230 e. The molecule has 21 heavy (non-hydrogen) atoms. The van der Waals surface area contributed by atoms with E-state index in [0.29, 0.717) is 11.8 Å². The number of carbonyl (C=O) groups excluding carboxylic acids is 1. The molecule has 1 saturated heterocycles. The van der Waals surface area contributed by atoms with Gasteiger partial charge in [-0.25, -0.2) is 0 Å². The van der Waals surface area contributed by atoms with Gasteiger partial charge in [-0.2, -0.15) is 0 Å². The molecule has 0 aromatic heterocycles. The number of hydrogen-bond acceptors (Lipinski definition) is 2. The number of nitrogens with one attached hydrogen (secondary N) is 1. The van der Waals surface area contributed by atoms with Crippen molar-refractivity contribution < 1.29 is 4.79 Å². The quantitative estimate of drug-likeness (QED) is 0.925. The van der Waals surface area contributed by atoms with Crippen LogP contribution in [0.1, 0.15) is 36.8 Å². The predicted molar refractivity (Wildman–Crippen MR) is 84.5 cm³/mol. The minimum absolute atomic E-state index is 0.323. The Balaban J connectivity index is 1.48. The number of piperidine rings is 1. The summed E-state index contributed by atoms with van der Waals surface area (Å²) in [4.78, 5) is 14.3. The molecule has 1 N–H and O–H groups in total. The molecule has 2 fully saturated rings. The van der Waals surface area contributed by atoms with Crippen molar-refractivity contribution in [3.63, 3.8) is 0 Å². The number of rotatable bonds is 3. The summed E-state index contributed by atoms with van der Waals surface area (Å²) in [7, 11) is 0. The van der Waals surface area contributed by atoms with Crippen LogP contribution in [0.5, 0.6) is 0 Å². The van der Waals surface area contributed by atoms with E-state index in [9.17, 15) is 4.79 Å². The van der Waals surface area contributed by atoms with Crippen LogP contribution >= 0.6 is 0 Å². The molecule has 1 aromatic carbocycles. The second-order valence-corrected chi connectivity index (χ2v) is 6.89. The van der Waals surface area contributed by atoms with Crippen molar-refractivity contribution in [1.29, 1.82) is 0 Å². The molecule has 3 heteroatoms. The van der Waals surface area contributed by atoms with E-state index in [4.69, 9.17) is 0 Å². The maximum Gasteiger partial charge on any atom is 0.230 e. The summed E-state index contributed by atoms with van der Waals surface area (Å²) in [5, 5.41) is 3.50. The molecule has 0 spiro atoms. The lowest BCUT2D eigenvalue weighted by molar-refractivity contribution is -0.119. The first-order valence-corrected chi connectivity index (χ1v) is 8.45. The van der Waals surface area contributed by atoms with Gasteiger partial charge in [-0.3, -0.25) is 4.79 Å². The van der Waals surface area contributed by atoms with E-state index < -0.39 is 0 Å². The van der Waals surface area contributed by atoms with Gasteiger partial charge in [0.15, 0.2) is 0 Å². The summed E-state index contributed by atoms with van der Waals surface area (Å²) in [5.74, 6) is 1.46. The minimum atomic E-state index is 0.323. The third-order valence-corrected chi connectivity index (χ3v) is 5.16. The van der Waals surface area contributed by atoms with Crippen molar-refractivity contribution in [2.24, 2.45) is 11.8 Å². The fourth-order valence-corrected chi connectivity index (χ4v) is 3.79. The van der Waals surface area contributed by atoms with Gasteiger partial charge in [-0.15, -0.1) is 0 Å². The van der Waals surface area contributed by atoms with Crippen LogP contribution in [0.15, 0.2) is 18.2 Å². The Morgan fingerprint density at radius 2 is 2.19 bits per heavy atom. The van der Waals surface area contributed by atoms with E-state index in [1.54, 1.807) is 0 Å². The summed E-state index contributed by atoms with van der Waals surface area (Å²) in [6.45, 7) is 3.22. The fraction of sp³-hybridized carbons (Fsp3) is 0.611. The number of amides is 1. The Kier molecular flexibility index (Phi) is 3.46. The first-order chi connectivity index (χ1) is 10.3. The van der Waals surface area contributed by atoms with Crippen molar-refractivity contribution >= 4 is 11.6 Å². The molecule has 2 aliphatic heterocycles. The topological polar surface area (TPSA) is 32.3 Å². The molecule has 1 unspecified atom stereocenters. The molecule has 1 atom stereocenters. The number of nitrogens with zero attached hydrogens (tertiary/aromatic N) is 1. The van der Waals surface area contributed by atoms with Crippen molar-refractivity contribution in [2.75, 3.05) is 24.5 Å². The normalized spacial score (nSPS) is 25.0. The molecule has 1 aliphatic carbocycles. The first-order valence-electron chi connectivity index (χ1n) is 8.45. The predicted octanol–water partition coefficient (Wildman–Crippen LogP) is 2.53. The Hall–Kier alpha value is -1.35. The molecule has 1 amide bonds. The number of anilines is 1. The van der Waals surface area contributed by atoms with Gasteiger partial charge in [0, 0.05) is 18.2 Å². The van der Waals surface area contributed by atoms with Gasteiger partial charge in [0.2, 0.25) is 5.91 Å². The zero-order valence-electron chi connectivity index (χ0n) is 12.6. The third-order valence-electron chi connectivity index (χ3n) is 5.16. The average molecular weight is 284 g/mol. The van der Waals surface area contributed by atoms with Crippen LogP contribution in [0.4, 0.5) is 5.69 Å². The molecule has 1 saturated carbocycles. The summed E-state index contributed by atoms with van der Waals surface area (Å²) in [6, 6.07) is 6.78. The van der Waals surface area contributed by atoms with Gasteiger partial charge in [-0.1, -0.05) is 12.1 Å². The maximum absolute atomic E-state index is 12.3. The lowest BCUT2D eigenvalue weighted by Gasteiger charge is -2.23. The summed E-state index contributed by atoms with van der Waals surface area (Å²) >= 11 is 0. The molecule has 1 aromatic rings. The first kappa shape index (κ1) is 13.3. The zero-order chi connectivity index (χ0) is 14.2. The summed E-state index contributed by atoms with van der Waals surface area (Å²) < 4.78 is 0. The van der Waals surface area contributed by atoms with Gasteiger partial charge >= 0.3 is 0 Å². The van der Waals surface area contributed by atoms with Crippen LogP contribution in [0.3, 0.4) is 0 Å². The Morgan fingerprint density at radius 1 is 1.29 bits per heavy atom. The largest absolute Gasteiger partial charge is 0.316 e. The highest BCUT2D eigenvalue weighted by Gasteiger charge is 2.36. The molecule has 2 heterocycles. The second kappa shape index (κ2) is 5.45. The number of benzene rings is 1. The van der Waals surface area contributed by atoms with E-state index in [-0.39, 0.29) is 0 Å². The standard InChI is InChI=1S/C18H24N2O/c21-18(15-4-5-15)20-9-7-16-11-13(3-6-17(16)20)10-14-2-1-8-19-12-14/h3,6,11,14-15,19H,1-2,4-5,7-10,12H2. The van der Waals surface area contributed by atoms with Crippen LogP contribution in [-0.2, 0) is 17.6 Å². The van der Waals surface area contributed by atoms with Crippen LogP contribution in [-0.4, -0.2) is 25.5 Å². The molecular formula is C18H24N2O. The number of carbonyl (C=O) groups is 1. The van der Waals surface area contributed by atoms with Crippen molar-refractivity contribution in [3.05, 3.63) is 29.3 Å². The van der Waals surface area contributed by atoms with Crippen LogP contribution in [0, 0.1) is 11.8 Å². The SMILES string of the molecule is O=C(C1CC1)N1CCc2cc(CC3CCCNC3)ccc21. The van der Waals surface area contributed by atoms with Crippen LogP contribution < -0.4 is 10.2 Å². The molecule has 0 radical (unpaired) electrons. The van der Waals surface area contributed by atoms with Crippen LogP contribution in [0.2, 0.25) is 0 Å². The maximum atomic E-state index is 12.3. The van der Waals surface area contributed by atoms with E-state index >= 15 is 0 Å². The Labute approximate surface area is 126 Å². The van der Waals surface area contributed by atoms with Gasteiger partial charge in [0.05, 0.1) is 0 Å². The van der Waals surface area contributed by atoms with Crippen molar-refractivity contribution in [2.45, 2.75) is 38.5 Å². The molecule has 4 rings (SSSR count). The monoisotopic (exact) mass is 284 g/mol. The number of hydrogen-bond donors (Lipinski definition) is 1. The molecular weight excluding hydrogens is 260 g/mol. The van der Waals surface area contributed by atoms with Gasteiger partial charge in [0.25, 0.3) is 0 Å². The summed E-state index contributed by atoms with van der Waals surface area (Å²) in [6.07, 6.45) is 7.05. The highest BCUT2D eigenvalue weighted by molar-refractivity contribution is 5.98. The molecule has 3 aliphatic rings. The fourth-order valence-electron chi connectivity index (χ4n) is 3.79. The summed E-state index contributed by atoms with van der Waals surface area (Å²) in [5.41, 5.74) is 4.01. The Morgan fingerprint density at radius 3 is 2.95 bits per heavy atom. The van der Waals surface area contributed by atoms with E-state index in [1.807, 2.05) is 4.90 Å². The van der Waals surface area contributed by atoms with Gasteiger partial charge in [0.1, 0.15) is 0 Å². The highest BCUT2D eigenvalue weighted by atomic mass is 16.2. The van der Waals surface area contributed by atoms with Crippen molar-refractivity contribution in [3.8, 4) is 0 Å². The third kappa shape index (κ3) is 2.71. The number of fused-ring (bicyclic) bond motifs is 1. The van der Waals surface area contributed by atoms with Gasteiger partial charge < -0.3 is 10.2 Å². The minimum Gasteiger partial charge on any atom is -0.316 e.